The van der Waals surface area contributed by atoms with Crippen molar-refractivity contribution < 1.29 is 14.0 Å². The fourth-order valence-electron chi connectivity index (χ4n) is 4.21. The average molecular weight is 508 g/mol. The lowest BCUT2D eigenvalue weighted by Crippen LogP contribution is -2.44. The van der Waals surface area contributed by atoms with Gasteiger partial charge in [-0.25, -0.2) is 9.18 Å². The van der Waals surface area contributed by atoms with Crippen LogP contribution in [0, 0.1) is 17.1 Å². The van der Waals surface area contributed by atoms with Crippen molar-refractivity contribution in [1.29, 1.82) is 5.26 Å². The van der Waals surface area contributed by atoms with E-state index in [2.05, 4.69) is 21.5 Å². The van der Waals surface area contributed by atoms with E-state index in [1.165, 1.54) is 18.2 Å². The van der Waals surface area contributed by atoms with Crippen molar-refractivity contribution in [2.24, 2.45) is 10.7 Å². The zero-order chi connectivity index (χ0) is 25.8. The molecule has 3 amide bonds. The highest BCUT2D eigenvalue weighted by atomic mass is 35.5. The molecule has 0 fully saturated rings. The third kappa shape index (κ3) is 5.06. The van der Waals surface area contributed by atoms with Gasteiger partial charge in [0.05, 0.1) is 34.9 Å². The minimum atomic E-state index is -0.735. The molecule has 36 heavy (non-hydrogen) atoms. The van der Waals surface area contributed by atoms with Crippen LogP contribution in [0.2, 0.25) is 5.02 Å². The smallest absolute Gasteiger partial charge is 0.322 e. The molecule has 1 atom stereocenters. The van der Waals surface area contributed by atoms with E-state index in [0.717, 1.165) is 5.56 Å². The van der Waals surface area contributed by atoms with Gasteiger partial charge in [0.25, 0.3) is 5.91 Å². The van der Waals surface area contributed by atoms with E-state index >= 15 is 0 Å². The molecule has 1 aromatic heterocycles. The first kappa shape index (κ1) is 24.9. The van der Waals surface area contributed by atoms with Crippen molar-refractivity contribution in [2.45, 2.75) is 25.4 Å². The Kier molecular flexibility index (Phi) is 7.31. The van der Waals surface area contributed by atoms with E-state index in [4.69, 9.17) is 22.6 Å². The largest absolute Gasteiger partial charge is 0.365 e. The third-order valence-corrected chi connectivity index (χ3v) is 6.17. The predicted molar refractivity (Wildman–Crippen MR) is 134 cm³/mol. The highest BCUT2D eigenvalue weighted by molar-refractivity contribution is 6.31. The summed E-state index contributed by atoms with van der Waals surface area (Å²) in [7, 11) is 1.68. The zero-order valence-corrected chi connectivity index (χ0v) is 20.2. The van der Waals surface area contributed by atoms with Crippen LogP contribution in [0.4, 0.5) is 14.9 Å². The lowest BCUT2D eigenvalue weighted by atomic mass is 10.0. The monoisotopic (exact) mass is 507 g/mol. The van der Waals surface area contributed by atoms with Gasteiger partial charge in [-0.3, -0.25) is 14.5 Å². The molecular formula is C25H23ClFN7O2. The van der Waals surface area contributed by atoms with Gasteiger partial charge in [-0.2, -0.15) is 10.4 Å². The molecule has 0 bridgehead atoms. The number of hydrogen-bond donors (Lipinski definition) is 2. The van der Waals surface area contributed by atoms with E-state index in [-0.39, 0.29) is 47.9 Å². The van der Waals surface area contributed by atoms with Crippen LogP contribution in [0.3, 0.4) is 0 Å². The van der Waals surface area contributed by atoms with Crippen molar-refractivity contribution in [3.63, 3.8) is 0 Å². The van der Waals surface area contributed by atoms with Crippen LogP contribution >= 0.6 is 11.6 Å². The Balaban J connectivity index is 1.69. The Morgan fingerprint density at radius 3 is 2.72 bits per heavy atom. The number of hydrogen-bond acceptors (Lipinski definition) is 5. The molecule has 1 unspecified atom stereocenters. The fraction of sp³-hybridized carbons (Fsp3) is 0.240. The number of anilines is 1. The van der Waals surface area contributed by atoms with Crippen LogP contribution in [-0.2, 0) is 6.54 Å². The molecule has 3 N–H and O–H groups in total. The second kappa shape index (κ2) is 10.6. The predicted octanol–water partition coefficient (Wildman–Crippen LogP) is 4.38. The van der Waals surface area contributed by atoms with Gasteiger partial charge in [0.2, 0.25) is 0 Å². The van der Waals surface area contributed by atoms with Gasteiger partial charge in [-0.15, -0.1) is 0 Å². The highest BCUT2D eigenvalue weighted by Gasteiger charge is 2.34. The number of fused-ring (bicyclic) bond motifs is 1. The number of nitriles is 1. The number of carbonyl (C=O) groups is 2. The first-order valence-corrected chi connectivity index (χ1v) is 11.5. The topological polar surface area (TPSA) is 129 Å². The molecule has 0 saturated carbocycles. The second-order valence-electron chi connectivity index (χ2n) is 8.28. The summed E-state index contributed by atoms with van der Waals surface area (Å²) in [5.41, 5.74) is 8.46. The number of aromatic nitrogens is 2. The lowest BCUT2D eigenvalue weighted by molar-refractivity contribution is 0.0996. The molecule has 9 nitrogen and oxygen atoms in total. The first-order chi connectivity index (χ1) is 17.3. The number of nitrogens with zero attached hydrogens (tertiary/aromatic N) is 5. The molecule has 1 aliphatic heterocycles. The molecule has 2 aromatic carbocycles. The third-order valence-electron chi connectivity index (χ3n) is 5.88. The van der Waals surface area contributed by atoms with Crippen LogP contribution in [0.25, 0.3) is 11.3 Å². The second-order valence-corrected chi connectivity index (χ2v) is 8.69. The molecule has 1 aliphatic rings. The maximum absolute atomic E-state index is 13.7. The Bertz CT molecular complexity index is 1380. The van der Waals surface area contributed by atoms with E-state index in [1.54, 1.807) is 35.0 Å². The van der Waals surface area contributed by atoms with Crippen LogP contribution in [0.1, 0.15) is 40.5 Å². The van der Waals surface area contributed by atoms with Gasteiger partial charge in [0.1, 0.15) is 11.5 Å². The van der Waals surface area contributed by atoms with E-state index in [1.807, 2.05) is 12.1 Å². The van der Waals surface area contributed by atoms with Crippen molar-refractivity contribution in [3.05, 3.63) is 70.1 Å². The molecule has 184 valence electrons. The maximum Gasteiger partial charge on any atom is 0.322 e. The number of halogens is 2. The van der Waals surface area contributed by atoms with E-state index < -0.39 is 11.7 Å². The summed E-state index contributed by atoms with van der Waals surface area (Å²) in [5.74, 6) is -1.34. The van der Waals surface area contributed by atoms with Gasteiger partial charge >= 0.3 is 6.03 Å². The van der Waals surface area contributed by atoms with E-state index in [9.17, 15) is 14.0 Å². The van der Waals surface area contributed by atoms with Gasteiger partial charge in [-0.05, 0) is 42.3 Å². The van der Waals surface area contributed by atoms with Crippen LogP contribution in [0.15, 0.2) is 47.5 Å². The highest BCUT2D eigenvalue weighted by Crippen LogP contribution is 2.34. The quantitative estimate of drug-likeness (QED) is 0.479. The first-order valence-electron chi connectivity index (χ1n) is 11.1. The van der Waals surface area contributed by atoms with Crippen LogP contribution in [-0.4, -0.2) is 46.4 Å². The number of benzene rings is 2. The van der Waals surface area contributed by atoms with Gasteiger partial charge in [-0.1, -0.05) is 23.7 Å². The number of carbonyl (C=O) groups excluding carboxylic acids is 2. The van der Waals surface area contributed by atoms with Gasteiger partial charge in [0, 0.05) is 37.5 Å². The average Bonchev–Trinajstić information content (AvgIpc) is 3.25. The van der Waals surface area contributed by atoms with Crippen molar-refractivity contribution in [3.8, 4) is 17.3 Å². The molecule has 0 saturated heterocycles. The van der Waals surface area contributed by atoms with Crippen molar-refractivity contribution in [2.75, 3.05) is 18.9 Å². The normalized spacial score (nSPS) is 14.9. The zero-order valence-electron chi connectivity index (χ0n) is 19.4. The number of nitrogens with two attached hydrogens (primary N) is 1. The Morgan fingerprint density at radius 1 is 1.33 bits per heavy atom. The summed E-state index contributed by atoms with van der Waals surface area (Å²) in [4.78, 5) is 31.2. The van der Waals surface area contributed by atoms with E-state index in [0.29, 0.717) is 23.4 Å². The maximum atomic E-state index is 13.7. The molecule has 0 aliphatic carbocycles. The summed E-state index contributed by atoms with van der Waals surface area (Å²) < 4.78 is 15.4. The number of primary amides is 1. The summed E-state index contributed by atoms with van der Waals surface area (Å²) >= 11 is 5.96. The number of nitrogens with one attached hydrogen (secondary N) is 1. The van der Waals surface area contributed by atoms with Crippen molar-refractivity contribution >= 4 is 35.4 Å². The molecule has 11 heteroatoms. The minimum Gasteiger partial charge on any atom is -0.365 e. The summed E-state index contributed by atoms with van der Waals surface area (Å²) in [6, 6.07) is 12.6. The molecule has 0 radical (unpaired) electrons. The van der Waals surface area contributed by atoms with Gasteiger partial charge in [0.15, 0.2) is 0 Å². The number of rotatable bonds is 6. The molecule has 3 aromatic rings. The molecule has 4 rings (SSSR count). The number of urea groups is 1. The van der Waals surface area contributed by atoms with Crippen molar-refractivity contribution in [1.82, 2.24) is 14.7 Å². The Hall–Kier alpha value is -4.23. The summed E-state index contributed by atoms with van der Waals surface area (Å²) in [6.07, 6.45) is 2.33. The number of amides is 3. The Labute approximate surface area is 212 Å². The lowest BCUT2D eigenvalue weighted by Gasteiger charge is -2.34. The SMILES string of the molecule is CN=Cc1ccc(NC(=O)N2Cc3c(C(N)=O)c(-c4ccc(F)c(Cl)c4)nn3C(CCC#N)C2)cc1. The fourth-order valence-corrected chi connectivity index (χ4v) is 4.39. The van der Waals surface area contributed by atoms with Crippen LogP contribution in [0.5, 0.6) is 0 Å². The summed E-state index contributed by atoms with van der Waals surface area (Å²) in [5, 5.41) is 16.5. The molecular weight excluding hydrogens is 485 g/mol. The Morgan fingerprint density at radius 2 is 2.08 bits per heavy atom. The minimum absolute atomic E-state index is 0.0651. The number of aliphatic imine (C=N–C) groups is 1. The standard InChI is InChI=1S/C25H23ClFN7O2/c1-30-12-15-4-7-17(8-5-15)31-25(36)33-13-18(3-2-10-28)34-21(14-33)22(24(29)35)23(32-34)16-6-9-20(27)19(26)11-16/h4-9,11-12,18H,2-3,13-14H2,1H3,(H2,29,35)(H,31,36). The van der Waals surface area contributed by atoms with Crippen LogP contribution < -0.4 is 11.1 Å². The summed E-state index contributed by atoms with van der Waals surface area (Å²) in [6.45, 7) is 0.334. The molecule has 2 heterocycles. The molecule has 0 spiro atoms. The van der Waals surface area contributed by atoms with Gasteiger partial charge < -0.3 is 16.0 Å².